The average Bonchev–Trinajstić information content (AvgIpc) is 1.93. The molecule has 0 heterocycles. The number of primary amides is 1. The normalized spacial score (nSPS) is 31.7. The first kappa shape index (κ1) is 8.53. The highest BCUT2D eigenvalue weighted by Crippen LogP contribution is 2.24. The molecule has 1 aliphatic rings. The highest BCUT2D eigenvalue weighted by Gasteiger charge is 2.22. The van der Waals surface area contributed by atoms with Crippen LogP contribution in [-0.4, -0.2) is 11.9 Å². The summed E-state index contributed by atoms with van der Waals surface area (Å²) in [6.07, 6.45) is 5.01. The van der Waals surface area contributed by atoms with Crippen molar-refractivity contribution in [2.24, 2.45) is 17.4 Å². The summed E-state index contributed by atoms with van der Waals surface area (Å²) in [5.41, 5.74) is 10.9. The molecule has 0 unspecified atom stereocenters. The lowest BCUT2D eigenvalue weighted by Crippen LogP contribution is -2.35. The summed E-state index contributed by atoms with van der Waals surface area (Å²) in [5, 5.41) is 0. The van der Waals surface area contributed by atoms with Gasteiger partial charge in [-0.3, -0.25) is 4.79 Å². The predicted octanol–water partition coefficient (Wildman–Crippen LogP) is 0.379. The zero-order valence-electron chi connectivity index (χ0n) is 6.75. The fourth-order valence-corrected chi connectivity index (χ4v) is 1.75. The molecule has 4 N–H and O–H groups in total. The largest absolute Gasteiger partial charge is 0.370 e. The molecule has 3 heteroatoms. The van der Waals surface area contributed by atoms with Gasteiger partial charge in [-0.15, -0.1) is 0 Å². The van der Waals surface area contributed by atoms with Gasteiger partial charge in [0.05, 0.1) is 0 Å². The Morgan fingerprint density at radius 1 is 1.36 bits per heavy atom. The summed E-state index contributed by atoms with van der Waals surface area (Å²) >= 11 is 0. The van der Waals surface area contributed by atoms with E-state index in [1.165, 1.54) is 12.8 Å². The number of rotatable bonds is 2. The Kier molecular flexibility index (Phi) is 2.88. The van der Waals surface area contributed by atoms with E-state index < -0.39 is 0 Å². The Morgan fingerprint density at radius 3 is 2.55 bits per heavy atom. The Labute approximate surface area is 67.1 Å². The van der Waals surface area contributed by atoms with E-state index in [2.05, 4.69) is 0 Å². The molecule has 1 fully saturated rings. The average molecular weight is 156 g/mol. The zero-order valence-corrected chi connectivity index (χ0v) is 6.75. The summed E-state index contributed by atoms with van der Waals surface area (Å²) in [4.78, 5) is 10.6. The minimum Gasteiger partial charge on any atom is -0.370 e. The molecule has 0 aliphatic heterocycles. The van der Waals surface area contributed by atoms with Crippen LogP contribution in [0.5, 0.6) is 0 Å². The molecule has 1 amide bonds. The summed E-state index contributed by atoms with van der Waals surface area (Å²) < 4.78 is 0. The molecule has 2 atom stereocenters. The third-order valence-corrected chi connectivity index (χ3v) is 2.43. The second kappa shape index (κ2) is 3.72. The minimum absolute atomic E-state index is 0.205. The molecular formula is C8H16N2O. The van der Waals surface area contributed by atoms with Crippen LogP contribution < -0.4 is 11.5 Å². The standard InChI is InChI=1S/C8H16N2O/c9-7-4-2-1-3-6(7)5-8(10)11/h6-7H,1-5,9H2,(H2,10,11)/t6-,7-/m1/s1. The number of carbonyl (C=O) groups is 1. The maximum absolute atomic E-state index is 10.6. The molecule has 1 saturated carbocycles. The van der Waals surface area contributed by atoms with Crippen LogP contribution in [-0.2, 0) is 4.79 Å². The van der Waals surface area contributed by atoms with E-state index in [0.29, 0.717) is 12.3 Å². The van der Waals surface area contributed by atoms with Crippen molar-refractivity contribution in [3.05, 3.63) is 0 Å². The van der Waals surface area contributed by atoms with Gasteiger partial charge < -0.3 is 11.5 Å². The van der Waals surface area contributed by atoms with Crippen molar-refractivity contribution in [1.29, 1.82) is 0 Å². The van der Waals surface area contributed by atoms with E-state index in [9.17, 15) is 4.79 Å². The second-order valence-corrected chi connectivity index (χ2v) is 3.38. The van der Waals surface area contributed by atoms with Crippen molar-refractivity contribution in [2.75, 3.05) is 0 Å². The Bertz CT molecular complexity index is 147. The van der Waals surface area contributed by atoms with Gasteiger partial charge in [-0.1, -0.05) is 12.8 Å². The van der Waals surface area contributed by atoms with Crippen LogP contribution in [0.25, 0.3) is 0 Å². The Balaban J connectivity index is 2.35. The predicted molar refractivity (Wildman–Crippen MR) is 43.7 cm³/mol. The maximum atomic E-state index is 10.6. The van der Waals surface area contributed by atoms with E-state index >= 15 is 0 Å². The van der Waals surface area contributed by atoms with Gasteiger partial charge in [-0.05, 0) is 18.8 Å². The third kappa shape index (κ3) is 2.50. The molecule has 0 spiro atoms. The lowest BCUT2D eigenvalue weighted by molar-refractivity contribution is -0.119. The zero-order chi connectivity index (χ0) is 8.27. The highest BCUT2D eigenvalue weighted by atomic mass is 16.1. The van der Waals surface area contributed by atoms with Crippen LogP contribution in [0.15, 0.2) is 0 Å². The molecule has 1 rings (SSSR count). The van der Waals surface area contributed by atoms with E-state index in [1.54, 1.807) is 0 Å². The molecule has 64 valence electrons. The number of nitrogens with two attached hydrogens (primary N) is 2. The second-order valence-electron chi connectivity index (χ2n) is 3.38. The molecule has 3 nitrogen and oxygen atoms in total. The quantitative estimate of drug-likeness (QED) is 0.606. The van der Waals surface area contributed by atoms with Crippen LogP contribution >= 0.6 is 0 Å². The smallest absolute Gasteiger partial charge is 0.217 e. The fraction of sp³-hybridized carbons (Fsp3) is 0.875. The lowest BCUT2D eigenvalue weighted by atomic mass is 9.83. The summed E-state index contributed by atoms with van der Waals surface area (Å²) in [5.74, 6) is 0.133. The molecule has 0 saturated heterocycles. The van der Waals surface area contributed by atoms with E-state index in [1.807, 2.05) is 0 Å². The third-order valence-electron chi connectivity index (χ3n) is 2.43. The van der Waals surface area contributed by atoms with Crippen LogP contribution in [0.2, 0.25) is 0 Å². The van der Waals surface area contributed by atoms with E-state index in [-0.39, 0.29) is 11.9 Å². The first-order valence-electron chi connectivity index (χ1n) is 4.24. The molecule has 0 bridgehead atoms. The van der Waals surface area contributed by atoms with Crippen molar-refractivity contribution in [3.63, 3.8) is 0 Å². The van der Waals surface area contributed by atoms with Crippen molar-refractivity contribution < 1.29 is 4.79 Å². The first-order chi connectivity index (χ1) is 5.20. The van der Waals surface area contributed by atoms with Gasteiger partial charge in [0.2, 0.25) is 5.91 Å². The van der Waals surface area contributed by atoms with Gasteiger partial charge in [-0.25, -0.2) is 0 Å². The molecular weight excluding hydrogens is 140 g/mol. The number of amides is 1. The molecule has 0 radical (unpaired) electrons. The summed E-state index contributed by atoms with van der Waals surface area (Å²) in [6, 6.07) is 0.205. The topological polar surface area (TPSA) is 69.1 Å². The monoisotopic (exact) mass is 156 g/mol. The van der Waals surface area contributed by atoms with Gasteiger partial charge in [-0.2, -0.15) is 0 Å². The van der Waals surface area contributed by atoms with Crippen molar-refractivity contribution >= 4 is 5.91 Å². The number of hydrogen-bond acceptors (Lipinski definition) is 2. The maximum Gasteiger partial charge on any atom is 0.217 e. The van der Waals surface area contributed by atoms with Gasteiger partial charge in [0.15, 0.2) is 0 Å². The molecule has 0 aromatic heterocycles. The van der Waals surface area contributed by atoms with Crippen LogP contribution in [0.1, 0.15) is 32.1 Å². The van der Waals surface area contributed by atoms with Gasteiger partial charge in [0.1, 0.15) is 0 Å². The van der Waals surface area contributed by atoms with Gasteiger partial charge in [0, 0.05) is 12.5 Å². The van der Waals surface area contributed by atoms with Crippen molar-refractivity contribution in [2.45, 2.75) is 38.1 Å². The minimum atomic E-state index is -0.215. The van der Waals surface area contributed by atoms with Gasteiger partial charge >= 0.3 is 0 Å². The van der Waals surface area contributed by atoms with E-state index in [0.717, 1.165) is 12.8 Å². The highest BCUT2D eigenvalue weighted by molar-refractivity contribution is 5.74. The number of hydrogen-bond donors (Lipinski definition) is 2. The summed E-state index contributed by atoms with van der Waals surface area (Å²) in [6.45, 7) is 0. The van der Waals surface area contributed by atoms with Crippen molar-refractivity contribution in [1.82, 2.24) is 0 Å². The van der Waals surface area contributed by atoms with Crippen molar-refractivity contribution in [3.8, 4) is 0 Å². The van der Waals surface area contributed by atoms with Crippen LogP contribution in [0.4, 0.5) is 0 Å². The van der Waals surface area contributed by atoms with Crippen LogP contribution in [0, 0.1) is 5.92 Å². The Morgan fingerprint density at radius 2 is 2.00 bits per heavy atom. The molecule has 1 aliphatic carbocycles. The summed E-state index contributed by atoms with van der Waals surface area (Å²) in [7, 11) is 0. The molecule has 0 aromatic rings. The SMILES string of the molecule is NC(=O)C[C@H]1CCCC[C@H]1N. The Hall–Kier alpha value is -0.570. The fourth-order valence-electron chi connectivity index (χ4n) is 1.75. The van der Waals surface area contributed by atoms with E-state index in [4.69, 9.17) is 11.5 Å². The molecule has 11 heavy (non-hydrogen) atoms. The lowest BCUT2D eigenvalue weighted by Gasteiger charge is -2.27. The number of carbonyl (C=O) groups excluding carboxylic acids is 1. The van der Waals surface area contributed by atoms with Crippen LogP contribution in [0.3, 0.4) is 0 Å². The molecule has 0 aromatic carbocycles. The van der Waals surface area contributed by atoms with Gasteiger partial charge in [0.25, 0.3) is 0 Å². The first-order valence-corrected chi connectivity index (χ1v) is 4.24.